The first kappa shape index (κ1) is 16.3. The van der Waals surface area contributed by atoms with Crippen LogP contribution in [0.1, 0.15) is 58.3 Å². The van der Waals surface area contributed by atoms with Gasteiger partial charge in [-0.3, -0.25) is 0 Å². The molecule has 2 aliphatic carbocycles. The molecule has 2 saturated carbocycles. The van der Waals surface area contributed by atoms with Gasteiger partial charge in [0.2, 0.25) is 0 Å². The quantitative estimate of drug-likeness (QED) is 0.519. The first-order chi connectivity index (χ1) is 9.79. The Balaban J connectivity index is 1.90. The van der Waals surface area contributed by atoms with Crippen LogP contribution in [-0.2, 0) is 4.74 Å². The number of ether oxygens (including phenoxy) is 1. The molecule has 0 spiro atoms. The first-order valence-electron chi connectivity index (χ1n) is 8.73. The van der Waals surface area contributed by atoms with Gasteiger partial charge < -0.3 is 15.0 Å². The second-order valence-electron chi connectivity index (χ2n) is 6.88. The molecule has 0 aromatic rings. The minimum atomic E-state index is 0.517. The molecule has 0 aromatic heterocycles. The summed E-state index contributed by atoms with van der Waals surface area (Å²) in [5.41, 5.74) is 0.517. The fourth-order valence-electron chi connectivity index (χ4n) is 3.77. The topological polar surface area (TPSA) is 24.5 Å². The third kappa shape index (κ3) is 5.01. The van der Waals surface area contributed by atoms with Gasteiger partial charge in [0.1, 0.15) is 0 Å². The van der Waals surface area contributed by atoms with Gasteiger partial charge in [-0.05, 0) is 37.6 Å². The molecule has 0 bridgehead atoms. The van der Waals surface area contributed by atoms with Crippen molar-refractivity contribution in [2.45, 2.75) is 64.3 Å². The van der Waals surface area contributed by atoms with Crippen molar-refractivity contribution in [1.29, 1.82) is 0 Å². The summed E-state index contributed by atoms with van der Waals surface area (Å²) in [7, 11) is 1.79. The monoisotopic (exact) mass is 282 g/mol. The zero-order valence-corrected chi connectivity index (χ0v) is 13.6. The molecule has 0 aliphatic heterocycles. The van der Waals surface area contributed by atoms with E-state index in [1.54, 1.807) is 7.11 Å². The molecule has 2 rings (SSSR count). The number of nitrogens with one attached hydrogen (secondary N) is 1. The van der Waals surface area contributed by atoms with Crippen LogP contribution in [0.3, 0.4) is 0 Å². The highest BCUT2D eigenvalue weighted by atomic mass is 16.5. The maximum absolute atomic E-state index is 5.17. The zero-order valence-electron chi connectivity index (χ0n) is 13.6. The Morgan fingerprint density at radius 1 is 1.15 bits per heavy atom. The molecule has 0 saturated heterocycles. The van der Waals surface area contributed by atoms with E-state index in [2.05, 4.69) is 17.1 Å². The predicted octanol–water partition coefficient (Wildman–Crippen LogP) is 3.05. The highest BCUT2D eigenvalue weighted by Gasteiger charge is 2.37. The van der Waals surface area contributed by atoms with E-state index in [0.29, 0.717) is 5.41 Å². The van der Waals surface area contributed by atoms with E-state index < -0.39 is 0 Å². The fraction of sp³-hybridized carbons (Fsp3) is 1.00. The second-order valence-corrected chi connectivity index (χ2v) is 6.88. The Bertz CT molecular complexity index is 258. The van der Waals surface area contributed by atoms with Crippen LogP contribution in [0.15, 0.2) is 0 Å². The van der Waals surface area contributed by atoms with Crippen molar-refractivity contribution in [2.75, 3.05) is 39.9 Å². The molecule has 3 heteroatoms. The van der Waals surface area contributed by atoms with Gasteiger partial charge in [-0.1, -0.05) is 32.6 Å². The molecule has 0 radical (unpaired) electrons. The van der Waals surface area contributed by atoms with Crippen molar-refractivity contribution in [2.24, 2.45) is 5.41 Å². The van der Waals surface area contributed by atoms with Crippen LogP contribution in [0.2, 0.25) is 0 Å². The Morgan fingerprint density at radius 3 is 2.40 bits per heavy atom. The van der Waals surface area contributed by atoms with E-state index in [1.165, 1.54) is 71.0 Å². The molecular weight excluding hydrogens is 248 g/mol. The zero-order chi connectivity index (χ0) is 14.3. The van der Waals surface area contributed by atoms with Gasteiger partial charge in [-0.15, -0.1) is 0 Å². The molecule has 2 aliphatic rings. The van der Waals surface area contributed by atoms with Crippen molar-refractivity contribution < 1.29 is 4.74 Å². The van der Waals surface area contributed by atoms with Crippen molar-refractivity contribution in [1.82, 2.24) is 10.2 Å². The molecule has 3 nitrogen and oxygen atoms in total. The van der Waals surface area contributed by atoms with E-state index in [1.807, 2.05) is 0 Å². The normalized spacial score (nSPS) is 22.9. The van der Waals surface area contributed by atoms with E-state index in [9.17, 15) is 0 Å². The minimum Gasteiger partial charge on any atom is -0.383 e. The van der Waals surface area contributed by atoms with E-state index in [0.717, 1.165) is 19.2 Å². The van der Waals surface area contributed by atoms with Crippen molar-refractivity contribution >= 4 is 0 Å². The SMILES string of the molecule is CCN(CC1(CNCCOC)CCCCCC1)C1CC1. The van der Waals surface area contributed by atoms with Gasteiger partial charge in [0.05, 0.1) is 6.61 Å². The largest absolute Gasteiger partial charge is 0.383 e. The van der Waals surface area contributed by atoms with Crippen LogP contribution in [0.5, 0.6) is 0 Å². The average Bonchev–Trinajstić information content (AvgIpc) is 3.29. The lowest BCUT2D eigenvalue weighted by molar-refractivity contribution is 0.120. The number of methoxy groups -OCH3 is 1. The summed E-state index contributed by atoms with van der Waals surface area (Å²) < 4.78 is 5.17. The third-order valence-electron chi connectivity index (χ3n) is 5.16. The van der Waals surface area contributed by atoms with Crippen LogP contribution in [0, 0.1) is 5.41 Å². The highest BCUT2D eigenvalue weighted by Crippen LogP contribution is 2.38. The lowest BCUT2D eigenvalue weighted by Crippen LogP contribution is -2.45. The number of hydrogen-bond donors (Lipinski definition) is 1. The van der Waals surface area contributed by atoms with Crippen molar-refractivity contribution in [3.8, 4) is 0 Å². The standard InChI is InChI=1S/C17H34N2O/c1-3-19(16-8-9-16)15-17(14-18-12-13-20-2)10-6-4-5-7-11-17/h16,18H,3-15H2,1-2H3. The Kier molecular flexibility index (Phi) is 6.79. The predicted molar refractivity (Wildman–Crippen MR) is 85.1 cm³/mol. The molecule has 0 amide bonds. The van der Waals surface area contributed by atoms with E-state index in [4.69, 9.17) is 4.74 Å². The number of nitrogens with zero attached hydrogens (tertiary/aromatic N) is 1. The summed E-state index contributed by atoms with van der Waals surface area (Å²) in [5, 5.41) is 3.66. The highest BCUT2D eigenvalue weighted by molar-refractivity contribution is 4.92. The van der Waals surface area contributed by atoms with Crippen LogP contribution >= 0.6 is 0 Å². The Hall–Kier alpha value is -0.120. The molecule has 0 aromatic carbocycles. The summed E-state index contributed by atoms with van der Waals surface area (Å²) in [6.07, 6.45) is 11.4. The number of rotatable bonds is 9. The first-order valence-corrected chi connectivity index (χ1v) is 8.73. The summed E-state index contributed by atoms with van der Waals surface area (Å²) in [5.74, 6) is 0. The lowest BCUT2D eigenvalue weighted by atomic mass is 9.79. The van der Waals surface area contributed by atoms with Crippen LogP contribution in [0.25, 0.3) is 0 Å². The lowest BCUT2D eigenvalue weighted by Gasteiger charge is -2.38. The molecule has 2 fully saturated rings. The van der Waals surface area contributed by atoms with Gasteiger partial charge in [0.25, 0.3) is 0 Å². The van der Waals surface area contributed by atoms with Crippen LogP contribution in [-0.4, -0.2) is 50.8 Å². The van der Waals surface area contributed by atoms with Gasteiger partial charge in [0.15, 0.2) is 0 Å². The maximum Gasteiger partial charge on any atom is 0.0587 e. The van der Waals surface area contributed by atoms with Gasteiger partial charge >= 0.3 is 0 Å². The van der Waals surface area contributed by atoms with Crippen LogP contribution in [0.4, 0.5) is 0 Å². The third-order valence-corrected chi connectivity index (χ3v) is 5.16. The smallest absolute Gasteiger partial charge is 0.0587 e. The summed E-state index contributed by atoms with van der Waals surface area (Å²) in [6, 6.07) is 0.902. The van der Waals surface area contributed by atoms with Crippen molar-refractivity contribution in [3.63, 3.8) is 0 Å². The summed E-state index contributed by atoms with van der Waals surface area (Å²) in [4.78, 5) is 2.75. The molecule has 0 atom stereocenters. The van der Waals surface area contributed by atoms with E-state index >= 15 is 0 Å². The molecule has 1 N–H and O–H groups in total. The molecule has 0 heterocycles. The second kappa shape index (κ2) is 8.35. The summed E-state index contributed by atoms with van der Waals surface area (Å²) >= 11 is 0. The molecule has 0 unspecified atom stereocenters. The fourth-order valence-corrected chi connectivity index (χ4v) is 3.77. The van der Waals surface area contributed by atoms with E-state index in [-0.39, 0.29) is 0 Å². The molecular formula is C17H34N2O. The average molecular weight is 282 g/mol. The molecule has 20 heavy (non-hydrogen) atoms. The maximum atomic E-state index is 5.17. The van der Waals surface area contributed by atoms with Gasteiger partial charge in [0, 0.05) is 32.8 Å². The number of hydrogen-bond acceptors (Lipinski definition) is 3. The van der Waals surface area contributed by atoms with Gasteiger partial charge in [-0.2, -0.15) is 0 Å². The van der Waals surface area contributed by atoms with Crippen molar-refractivity contribution in [3.05, 3.63) is 0 Å². The minimum absolute atomic E-state index is 0.517. The molecule has 118 valence electrons. The summed E-state index contributed by atoms with van der Waals surface area (Å²) in [6.45, 7) is 7.88. The van der Waals surface area contributed by atoms with Crippen LogP contribution < -0.4 is 5.32 Å². The Morgan fingerprint density at radius 2 is 1.85 bits per heavy atom. The Labute approximate surface area is 125 Å². The van der Waals surface area contributed by atoms with Gasteiger partial charge in [-0.25, -0.2) is 0 Å².